The van der Waals surface area contributed by atoms with Crippen molar-refractivity contribution in [1.82, 2.24) is 4.90 Å². The summed E-state index contributed by atoms with van der Waals surface area (Å²) in [6.07, 6.45) is 0.725. The summed E-state index contributed by atoms with van der Waals surface area (Å²) in [5.41, 5.74) is 6.69. The number of para-hydroxylation sites is 1. The minimum Gasteiger partial charge on any atom is -0.496 e. The maximum atomic E-state index is 11.8. The molecule has 1 heterocycles. The quantitative estimate of drug-likeness (QED) is 0.837. The van der Waals surface area contributed by atoms with Gasteiger partial charge in [0.25, 0.3) is 0 Å². The zero-order valence-electron chi connectivity index (χ0n) is 11.2. The van der Waals surface area contributed by atoms with Crippen LogP contribution in [-0.2, 0) is 16.0 Å². The molecule has 5 nitrogen and oxygen atoms in total. The van der Waals surface area contributed by atoms with Gasteiger partial charge in [0.1, 0.15) is 12.4 Å². The van der Waals surface area contributed by atoms with Crippen molar-refractivity contribution < 1.29 is 14.3 Å². The number of hydrogen-bond acceptors (Lipinski definition) is 4. The molecule has 0 aromatic heterocycles. The number of amides is 1. The molecule has 0 radical (unpaired) electrons. The summed E-state index contributed by atoms with van der Waals surface area (Å²) in [4.78, 5) is 13.6. The van der Waals surface area contributed by atoms with Crippen LogP contribution in [0.3, 0.4) is 0 Å². The van der Waals surface area contributed by atoms with Crippen molar-refractivity contribution in [2.75, 3.05) is 33.4 Å². The highest BCUT2D eigenvalue weighted by molar-refractivity contribution is 5.78. The minimum atomic E-state index is -0.0460. The summed E-state index contributed by atoms with van der Waals surface area (Å²) < 4.78 is 10.6. The van der Waals surface area contributed by atoms with E-state index >= 15 is 0 Å². The van der Waals surface area contributed by atoms with Gasteiger partial charge in [-0.25, -0.2) is 0 Å². The number of nitrogens with two attached hydrogens (primary N) is 1. The van der Waals surface area contributed by atoms with Gasteiger partial charge in [-0.05, 0) is 18.1 Å². The lowest BCUT2D eigenvalue weighted by molar-refractivity contribution is -0.148. The Morgan fingerprint density at radius 2 is 2.26 bits per heavy atom. The highest BCUT2D eigenvalue weighted by atomic mass is 16.5. The molecule has 0 aliphatic carbocycles. The van der Waals surface area contributed by atoms with Crippen LogP contribution in [0.4, 0.5) is 0 Å². The Balaban J connectivity index is 1.95. The van der Waals surface area contributed by atoms with Crippen LogP contribution in [0.25, 0.3) is 0 Å². The summed E-state index contributed by atoms with van der Waals surface area (Å²) >= 11 is 0. The Hall–Kier alpha value is -1.59. The Morgan fingerprint density at radius 1 is 1.47 bits per heavy atom. The molecule has 5 heteroatoms. The second kappa shape index (κ2) is 6.54. The third-order valence-electron chi connectivity index (χ3n) is 3.33. The van der Waals surface area contributed by atoms with Gasteiger partial charge in [-0.2, -0.15) is 0 Å². The number of morpholine rings is 1. The summed E-state index contributed by atoms with van der Waals surface area (Å²) in [5, 5.41) is 0. The van der Waals surface area contributed by atoms with Crippen molar-refractivity contribution in [3.8, 4) is 5.75 Å². The molecule has 1 aliphatic rings. The van der Waals surface area contributed by atoms with Crippen molar-refractivity contribution >= 4 is 5.91 Å². The number of methoxy groups -OCH3 is 1. The van der Waals surface area contributed by atoms with Gasteiger partial charge in [0.05, 0.1) is 13.2 Å². The monoisotopic (exact) mass is 264 g/mol. The first kappa shape index (κ1) is 13.8. The molecule has 19 heavy (non-hydrogen) atoms. The zero-order chi connectivity index (χ0) is 13.7. The molecule has 1 aliphatic heterocycles. The molecule has 1 saturated heterocycles. The fourth-order valence-corrected chi connectivity index (χ4v) is 2.20. The molecule has 1 aromatic carbocycles. The molecule has 0 bridgehead atoms. The van der Waals surface area contributed by atoms with E-state index < -0.39 is 0 Å². The van der Waals surface area contributed by atoms with Crippen LogP contribution in [0.1, 0.15) is 5.56 Å². The average Bonchev–Trinajstić information content (AvgIpc) is 2.46. The largest absolute Gasteiger partial charge is 0.496 e. The Kier molecular flexibility index (Phi) is 4.76. The van der Waals surface area contributed by atoms with Gasteiger partial charge in [-0.3, -0.25) is 4.79 Å². The van der Waals surface area contributed by atoms with Crippen molar-refractivity contribution in [2.24, 2.45) is 5.73 Å². The van der Waals surface area contributed by atoms with Gasteiger partial charge in [-0.1, -0.05) is 18.2 Å². The highest BCUT2D eigenvalue weighted by Gasteiger charge is 2.25. The highest BCUT2D eigenvalue weighted by Crippen LogP contribution is 2.18. The van der Waals surface area contributed by atoms with E-state index in [4.69, 9.17) is 15.2 Å². The lowest BCUT2D eigenvalue weighted by Gasteiger charge is -2.32. The number of rotatable bonds is 5. The van der Waals surface area contributed by atoms with E-state index in [2.05, 4.69) is 0 Å². The first-order chi connectivity index (χ1) is 9.24. The molecule has 104 valence electrons. The second-order valence-corrected chi connectivity index (χ2v) is 4.57. The first-order valence-corrected chi connectivity index (χ1v) is 6.46. The lowest BCUT2D eigenvalue weighted by Crippen LogP contribution is -2.49. The maximum absolute atomic E-state index is 11.8. The zero-order valence-corrected chi connectivity index (χ0v) is 11.2. The smallest absolute Gasteiger partial charge is 0.248 e. The fourth-order valence-electron chi connectivity index (χ4n) is 2.20. The number of benzene rings is 1. The molecule has 0 spiro atoms. The van der Waals surface area contributed by atoms with Crippen LogP contribution >= 0.6 is 0 Å². The first-order valence-electron chi connectivity index (χ1n) is 6.46. The summed E-state index contributed by atoms with van der Waals surface area (Å²) in [6.45, 7) is 1.82. The van der Waals surface area contributed by atoms with Crippen molar-refractivity contribution in [1.29, 1.82) is 0 Å². The van der Waals surface area contributed by atoms with E-state index in [0.29, 0.717) is 19.6 Å². The van der Waals surface area contributed by atoms with Crippen molar-refractivity contribution in [3.63, 3.8) is 0 Å². The SMILES string of the molecule is COc1ccccc1CCN1CC(CN)OCC1=O. The van der Waals surface area contributed by atoms with Crippen LogP contribution in [0.15, 0.2) is 24.3 Å². The predicted molar refractivity (Wildman–Crippen MR) is 72.1 cm³/mol. The van der Waals surface area contributed by atoms with Gasteiger partial charge in [0.15, 0.2) is 0 Å². The van der Waals surface area contributed by atoms with Gasteiger partial charge < -0.3 is 20.1 Å². The molecule has 1 amide bonds. The van der Waals surface area contributed by atoms with E-state index in [0.717, 1.165) is 17.7 Å². The molecule has 1 fully saturated rings. The molecule has 2 N–H and O–H groups in total. The second-order valence-electron chi connectivity index (χ2n) is 4.57. The summed E-state index contributed by atoms with van der Waals surface area (Å²) in [7, 11) is 1.66. The molecule has 0 saturated carbocycles. The fraction of sp³-hybridized carbons (Fsp3) is 0.500. The third-order valence-corrected chi connectivity index (χ3v) is 3.33. The van der Waals surface area contributed by atoms with Gasteiger partial charge >= 0.3 is 0 Å². The predicted octanol–water partition coefficient (Wildman–Crippen LogP) is 0.424. The van der Waals surface area contributed by atoms with Crippen molar-refractivity contribution in [2.45, 2.75) is 12.5 Å². The van der Waals surface area contributed by atoms with Gasteiger partial charge in [0, 0.05) is 19.6 Å². The van der Waals surface area contributed by atoms with Crippen LogP contribution in [0.5, 0.6) is 5.75 Å². The molecular weight excluding hydrogens is 244 g/mol. The van der Waals surface area contributed by atoms with E-state index in [-0.39, 0.29) is 18.6 Å². The molecule has 2 rings (SSSR count). The van der Waals surface area contributed by atoms with Gasteiger partial charge in [-0.15, -0.1) is 0 Å². The number of ether oxygens (including phenoxy) is 2. The summed E-state index contributed by atoms with van der Waals surface area (Å²) in [5.74, 6) is 0.887. The Morgan fingerprint density at radius 3 is 3.00 bits per heavy atom. The lowest BCUT2D eigenvalue weighted by atomic mass is 10.1. The number of carbonyl (C=O) groups excluding carboxylic acids is 1. The van der Waals surface area contributed by atoms with Crippen LogP contribution in [0.2, 0.25) is 0 Å². The van der Waals surface area contributed by atoms with Crippen molar-refractivity contribution in [3.05, 3.63) is 29.8 Å². The van der Waals surface area contributed by atoms with E-state index in [9.17, 15) is 4.79 Å². The van der Waals surface area contributed by atoms with Gasteiger partial charge in [0.2, 0.25) is 5.91 Å². The molecular formula is C14H20N2O3. The summed E-state index contributed by atoms with van der Waals surface area (Å²) in [6, 6.07) is 7.86. The van der Waals surface area contributed by atoms with Crippen LogP contribution in [-0.4, -0.2) is 50.3 Å². The number of hydrogen-bond donors (Lipinski definition) is 1. The average molecular weight is 264 g/mol. The topological polar surface area (TPSA) is 64.8 Å². The minimum absolute atomic E-state index is 0.0274. The third kappa shape index (κ3) is 3.45. The Labute approximate surface area is 113 Å². The molecule has 1 aromatic rings. The van der Waals surface area contributed by atoms with E-state index in [1.807, 2.05) is 29.2 Å². The molecule has 1 unspecified atom stereocenters. The number of carbonyl (C=O) groups is 1. The maximum Gasteiger partial charge on any atom is 0.248 e. The van der Waals surface area contributed by atoms with E-state index in [1.54, 1.807) is 7.11 Å². The normalized spacial score (nSPS) is 19.6. The van der Waals surface area contributed by atoms with Crippen LogP contribution in [0, 0.1) is 0 Å². The standard InChI is InChI=1S/C14H20N2O3/c1-18-13-5-3-2-4-11(13)6-7-16-9-12(8-15)19-10-14(16)17/h2-5,12H,6-10,15H2,1H3. The molecule has 1 atom stereocenters. The number of nitrogens with zero attached hydrogens (tertiary/aromatic N) is 1. The Bertz CT molecular complexity index is 436. The van der Waals surface area contributed by atoms with Crippen LogP contribution < -0.4 is 10.5 Å². The van der Waals surface area contributed by atoms with E-state index in [1.165, 1.54) is 0 Å².